The summed E-state index contributed by atoms with van der Waals surface area (Å²) in [6.45, 7) is 1.84. The third-order valence-electron chi connectivity index (χ3n) is 4.23. The number of imidazole rings is 1. The molecule has 0 bridgehead atoms. The summed E-state index contributed by atoms with van der Waals surface area (Å²) < 4.78 is 7.07. The summed E-state index contributed by atoms with van der Waals surface area (Å²) in [5.41, 5.74) is 2.34. The molecule has 0 radical (unpaired) electrons. The van der Waals surface area contributed by atoms with E-state index in [1.807, 2.05) is 42.8 Å². The monoisotopic (exact) mass is 339 g/mol. The SMILES string of the molecule is COc1cccc(C(O)C(=O)NC(C)c2nc3ccccc3n2C)c1. The van der Waals surface area contributed by atoms with Crippen LogP contribution in [-0.4, -0.2) is 27.7 Å². The second-order valence-corrected chi connectivity index (χ2v) is 5.93. The average Bonchev–Trinajstić information content (AvgIpc) is 2.98. The number of para-hydroxylation sites is 2. The van der Waals surface area contributed by atoms with Crippen molar-refractivity contribution < 1.29 is 14.6 Å². The van der Waals surface area contributed by atoms with E-state index in [1.165, 1.54) is 0 Å². The van der Waals surface area contributed by atoms with Crippen LogP contribution in [0.25, 0.3) is 11.0 Å². The van der Waals surface area contributed by atoms with Gasteiger partial charge in [0.25, 0.3) is 5.91 Å². The van der Waals surface area contributed by atoms with E-state index < -0.39 is 12.0 Å². The molecule has 0 spiro atoms. The highest BCUT2D eigenvalue weighted by molar-refractivity contribution is 5.82. The lowest BCUT2D eigenvalue weighted by Gasteiger charge is -2.17. The van der Waals surface area contributed by atoms with Gasteiger partial charge in [0.1, 0.15) is 11.6 Å². The number of rotatable bonds is 5. The van der Waals surface area contributed by atoms with Crippen molar-refractivity contribution in [1.29, 1.82) is 0 Å². The number of carbonyl (C=O) groups excluding carboxylic acids is 1. The summed E-state index contributed by atoms with van der Waals surface area (Å²) in [7, 11) is 3.45. The first-order valence-corrected chi connectivity index (χ1v) is 8.05. The molecule has 0 aliphatic heterocycles. The predicted molar refractivity (Wildman–Crippen MR) is 95.2 cm³/mol. The number of amides is 1. The first-order valence-electron chi connectivity index (χ1n) is 8.05. The second-order valence-electron chi connectivity index (χ2n) is 5.93. The Hall–Kier alpha value is -2.86. The number of aromatic nitrogens is 2. The Labute approximate surface area is 146 Å². The van der Waals surface area contributed by atoms with Crippen molar-refractivity contribution >= 4 is 16.9 Å². The first kappa shape index (κ1) is 17.0. The maximum absolute atomic E-state index is 12.4. The van der Waals surface area contributed by atoms with Gasteiger partial charge in [0.05, 0.1) is 24.2 Å². The number of carbonyl (C=O) groups is 1. The van der Waals surface area contributed by atoms with Crippen LogP contribution in [0.3, 0.4) is 0 Å². The van der Waals surface area contributed by atoms with Gasteiger partial charge in [-0.2, -0.15) is 0 Å². The Morgan fingerprint density at radius 1 is 1.24 bits per heavy atom. The third kappa shape index (κ3) is 3.34. The highest BCUT2D eigenvalue weighted by Crippen LogP contribution is 2.22. The fraction of sp³-hybridized carbons (Fsp3) is 0.263. The number of hydrogen-bond acceptors (Lipinski definition) is 4. The van der Waals surface area contributed by atoms with Crippen molar-refractivity contribution in [3.8, 4) is 5.75 Å². The van der Waals surface area contributed by atoms with E-state index in [0.717, 1.165) is 16.9 Å². The molecule has 2 aromatic carbocycles. The van der Waals surface area contributed by atoms with Crippen molar-refractivity contribution in [2.45, 2.75) is 19.1 Å². The molecule has 25 heavy (non-hydrogen) atoms. The zero-order valence-corrected chi connectivity index (χ0v) is 14.4. The summed E-state index contributed by atoms with van der Waals surface area (Å²) in [6.07, 6.45) is -1.27. The molecule has 1 heterocycles. The average molecular weight is 339 g/mol. The van der Waals surface area contributed by atoms with E-state index in [1.54, 1.807) is 31.4 Å². The minimum absolute atomic E-state index is 0.342. The maximum atomic E-state index is 12.4. The van der Waals surface area contributed by atoms with Crippen LogP contribution in [0.15, 0.2) is 48.5 Å². The molecule has 0 saturated carbocycles. The van der Waals surface area contributed by atoms with Gasteiger partial charge in [-0.3, -0.25) is 4.79 Å². The molecule has 6 heteroatoms. The highest BCUT2D eigenvalue weighted by Gasteiger charge is 2.22. The molecule has 0 aliphatic rings. The molecule has 1 aromatic heterocycles. The number of aryl methyl sites for hydroxylation is 1. The molecule has 0 saturated heterocycles. The number of methoxy groups -OCH3 is 1. The van der Waals surface area contributed by atoms with Gasteiger partial charge >= 0.3 is 0 Å². The number of hydrogen-bond donors (Lipinski definition) is 2. The summed E-state index contributed by atoms with van der Waals surface area (Å²) in [5.74, 6) is 0.841. The van der Waals surface area contributed by atoms with Crippen LogP contribution in [0.2, 0.25) is 0 Å². The van der Waals surface area contributed by atoms with Crippen LogP contribution >= 0.6 is 0 Å². The minimum atomic E-state index is -1.27. The molecule has 1 amide bonds. The maximum Gasteiger partial charge on any atom is 0.254 e. The van der Waals surface area contributed by atoms with Crippen molar-refractivity contribution in [2.24, 2.45) is 7.05 Å². The largest absolute Gasteiger partial charge is 0.497 e. The minimum Gasteiger partial charge on any atom is -0.497 e. The predicted octanol–water partition coefficient (Wildman–Crippen LogP) is 2.49. The third-order valence-corrected chi connectivity index (χ3v) is 4.23. The van der Waals surface area contributed by atoms with E-state index in [-0.39, 0.29) is 6.04 Å². The molecule has 2 unspecified atom stereocenters. The van der Waals surface area contributed by atoms with Crippen LogP contribution in [0.1, 0.15) is 30.5 Å². The van der Waals surface area contributed by atoms with Gasteiger partial charge in [0.2, 0.25) is 0 Å². The Kier molecular flexibility index (Phi) is 4.72. The van der Waals surface area contributed by atoms with Crippen LogP contribution in [0.4, 0.5) is 0 Å². The van der Waals surface area contributed by atoms with Crippen molar-refractivity contribution in [1.82, 2.24) is 14.9 Å². The topological polar surface area (TPSA) is 76.4 Å². The van der Waals surface area contributed by atoms with Crippen LogP contribution in [-0.2, 0) is 11.8 Å². The van der Waals surface area contributed by atoms with Gasteiger partial charge in [0.15, 0.2) is 6.10 Å². The van der Waals surface area contributed by atoms with Gasteiger partial charge in [-0.25, -0.2) is 4.98 Å². The number of fused-ring (bicyclic) bond motifs is 1. The number of benzene rings is 2. The zero-order valence-electron chi connectivity index (χ0n) is 14.4. The molecule has 2 N–H and O–H groups in total. The standard InChI is InChI=1S/C19H21N3O3/c1-12(18-21-15-9-4-5-10-16(15)22(18)2)20-19(24)17(23)13-7-6-8-14(11-13)25-3/h4-12,17,23H,1-3H3,(H,20,24). The van der Waals surface area contributed by atoms with E-state index >= 15 is 0 Å². The summed E-state index contributed by atoms with van der Waals surface area (Å²) in [6, 6.07) is 14.3. The number of nitrogens with one attached hydrogen (secondary N) is 1. The van der Waals surface area contributed by atoms with Crippen molar-refractivity contribution in [3.63, 3.8) is 0 Å². The number of ether oxygens (including phenoxy) is 1. The molecule has 3 rings (SSSR count). The molecule has 2 atom stereocenters. The molecule has 0 fully saturated rings. The summed E-state index contributed by atoms with van der Waals surface area (Å²) in [4.78, 5) is 17.0. The smallest absolute Gasteiger partial charge is 0.254 e. The van der Waals surface area contributed by atoms with Gasteiger partial charge in [-0.15, -0.1) is 0 Å². The quantitative estimate of drug-likeness (QED) is 0.749. The van der Waals surface area contributed by atoms with Crippen LogP contribution in [0.5, 0.6) is 5.75 Å². The first-order chi connectivity index (χ1) is 12.0. The lowest BCUT2D eigenvalue weighted by atomic mass is 10.1. The zero-order chi connectivity index (χ0) is 18.0. The van der Waals surface area contributed by atoms with E-state index in [0.29, 0.717) is 11.3 Å². The van der Waals surface area contributed by atoms with Gasteiger partial charge < -0.3 is 19.7 Å². The normalized spacial score (nSPS) is 13.4. The van der Waals surface area contributed by atoms with Crippen LogP contribution in [0, 0.1) is 0 Å². The molecule has 6 nitrogen and oxygen atoms in total. The number of aliphatic hydroxyl groups is 1. The Bertz CT molecular complexity index is 904. The molecule has 0 aliphatic carbocycles. The fourth-order valence-corrected chi connectivity index (χ4v) is 2.87. The van der Waals surface area contributed by atoms with Crippen LogP contribution < -0.4 is 10.1 Å². The Morgan fingerprint density at radius 3 is 2.72 bits per heavy atom. The van der Waals surface area contributed by atoms with Crippen molar-refractivity contribution in [3.05, 3.63) is 59.9 Å². The van der Waals surface area contributed by atoms with E-state index in [9.17, 15) is 9.90 Å². The molecule has 3 aromatic rings. The molecular weight excluding hydrogens is 318 g/mol. The molecule has 130 valence electrons. The lowest BCUT2D eigenvalue weighted by molar-refractivity contribution is -0.130. The number of nitrogens with zero attached hydrogens (tertiary/aromatic N) is 2. The fourth-order valence-electron chi connectivity index (χ4n) is 2.87. The van der Waals surface area contributed by atoms with Gasteiger partial charge in [0, 0.05) is 7.05 Å². The van der Waals surface area contributed by atoms with E-state index in [4.69, 9.17) is 4.74 Å². The van der Waals surface area contributed by atoms with Gasteiger partial charge in [-0.05, 0) is 36.8 Å². The highest BCUT2D eigenvalue weighted by atomic mass is 16.5. The lowest BCUT2D eigenvalue weighted by Crippen LogP contribution is -2.32. The van der Waals surface area contributed by atoms with Crippen molar-refractivity contribution in [2.75, 3.05) is 7.11 Å². The second kappa shape index (κ2) is 6.94. The Balaban J connectivity index is 1.78. The molecular formula is C19H21N3O3. The summed E-state index contributed by atoms with van der Waals surface area (Å²) >= 11 is 0. The van der Waals surface area contributed by atoms with Gasteiger partial charge in [-0.1, -0.05) is 24.3 Å². The summed E-state index contributed by atoms with van der Waals surface area (Å²) in [5, 5.41) is 13.1. The van der Waals surface area contributed by atoms with E-state index in [2.05, 4.69) is 10.3 Å². The Morgan fingerprint density at radius 2 is 2.00 bits per heavy atom. The number of aliphatic hydroxyl groups excluding tert-OH is 1.